The molecule has 1 aliphatic heterocycles. The van der Waals surface area contributed by atoms with Gasteiger partial charge in [-0.2, -0.15) is 0 Å². The number of hydrogen-bond acceptors (Lipinski definition) is 6. The molecule has 1 saturated heterocycles. The average molecular weight is 293 g/mol. The molecule has 7 heteroatoms. The standard InChI is InChI=1S/C14H23N5O2/c1-4-5-16-14(20)11-8-21-7-6-19(11)13-10(2)12(15-3)17-9-18-13/h9,11H,4-8H2,1-3H3,(H,16,20)(H,15,17,18). The van der Waals surface area contributed by atoms with E-state index in [1.165, 1.54) is 6.33 Å². The molecule has 0 bridgehead atoms. The number of anilines is 2. The zero-order valence-corrected chi connectivity index (χ0v) is 12.8. The van der Waals surface area contributed by atoms with Crippen molar-refractivity contribution in [3.05, 3.63) is 11.9 Å². The maximum Gasteiger partial charge on any atom is 0.245 e. The summed E-state index contributed by atoms with van der Waals surface area (Å²) in [5, 5.41) is 5.97. The van der Waals surface area contributed by atoms with Crippen LogP contribution in [0.4, 0.5) is 11.6 Å². The van der Waals surface area contributed by atoms with Crippen molar-refractivity contribution < 1.29 is 9.53 Å². The number of morpholine rings is 1. The van der Waals surface area contributed by atoms with Gasteiger partial charge in [-0.1, -0.05) is 6.92 Å². The fourth-order valence-electron chi connectivity index (χ4n) is 2.42. The molecule has 1 aromatic rings. The first kappa shape index (κ1) is 15.5. The molecular formula is C14H23N5O2. The zero-order chi connectivity index (χ0) is 15.2. The van der Waals surface area contributed by atoms with Crippen molar-refractivity contribution in [1.29, 1.82) is 0 Å². The number of hydrogen-bond donors (Lipinski definition) is 2. The average Bonchev–Trinajstić information content (AvgIpc) is 2.53. The highest BCUT2D eigenvalue weighted by Crippen LogP contribution is 2.25. The molecule has 1 aliphatic rings. The molecule has 0 spiro atoms. The van der Waals surface area contributed by atoms with Gasteiger partial charge in [0.05, 0.1) is 13.2 Å². The molecule has 2 N–H and O–H groups in total. The van der Waals surface area contributed by atoms with E-state index in [4.69, 9.17) is 4.74 Å². The lowest BCUT2D eigenvalue weighted by molar-refractivity contribution is -0.124. The summed E-state index contributed by atoms with van der Waals surface area (Å²) in [5.41, 5.74) is 0.940. The van der Waals surface area contributed by atoms with E-state index in [-0.39, 0.29) is 11.9 Å². The number of nitrogens with zero attached hydrogens (tertiary/aromatic N) is 3. The summed E-state index contributed by atoms with van der Waals surface area (Å²) in [6.07, 6.45) is 2.43. The fraction of sp³-hybridized carbons (Fsp3) is 0.643. The minimum atomic E-state index is -0.344. The third kappa shape index (κ3) is 3.41. The van der Waals surface area contributed by atoms with Crippen LogP contribution in [0.2, 0.25) is 0 Å². The van der Waals surface area contributed by atoms with Crippen molar-refractivity contribution in [3.63, 3.8) is 0 Å². The minimum absolute atomic E-state index is 0.0134. The maximum atomic E-state index is 12.3. The predicted molar refractivity (Wildman–Crippen MR) is 81.6 cm³/mol. The number of amides is 1. The van der Waals surface area contributed by atoms with Crippen LogP contribution in [0.15, 0.2) is 6.33 Å². The molecule has 2 rings (SSSR count). The van der Waals surface area contributed by atoms with Gasteiger partial charge in [0.25, 0.3) is 0 Å². The predicted octanol–water partition coefficient (Wildman–Crippen LogP) is 0.558. The van der Waals surface area contributed by atoms with Crippen LogP contribution in [0, 0.1) is 6.92 Å². The first-order valence-corrected chi connectivity index (χ1v) is 7.30. The molecular weight excluding hydrogens is 270 g/mol. The number of rotatable bonds is 5. The molecule has 0 aliphatic carbocycles. The lowest BCUT2D eigenvalue weighted by Gasteiger charge is -2.36. The summed E-state index contributed by atoms with van der Waals surface area (Å²) >= 11 is 0. The summed E-state index contributed by atoms with van der Waals surface area (Å²) in [4.78, 5) is 22.9. The molecule has 1 unspecified atom stereocenters. The van der Waals surface area contributed by atoms with Gasteiger partial charge in [0, 0.05) is 25.7 Å². The van der Waals surface area contributed by atoms with E-state index in [0.717, 1.165) is 23.6 Å². The Morgan fingerprint density at radius 1 is 1.52 bits per heavy atom. The van der Waals surface area contributed by atoms with E-state index in [1.807, 2.05) is 25.8 Å². The summed E-state index contributed by atoms with van der Waals surface area (Å²) < 4.78 is 5.47. The quantitative estimate of drug-likeness (QED) is 0.826. The second-order valence-corrected chi connectivity index (χ2v) is 5.00. The third-order valence-corrected chi connectivity index (χ3v) is 3.55. The van der Waals surface area contributed by atoms with Crippen molar-refractivity contribution in [3.8, 4) is 0 Å². The van der Waals surface area contributed by atoms with E-state index in [1.54, 1.807) is 0 Å². The molecule has 116 valence electrons. The molecule has 21 heavy (non-hydrogen) atoms. The van der Waals surface area contributed by atoms with Gasteiger partial charge in [0.2, 0.25) is 5.91 Å². The largest absolute Gasteiger partial charge is 0.377 e. The highest BCUT2D eigenvalue weighted by atomic mass is 16.5. The van der Waals surface area contributed by atoms with E-state index >= 15 is 0 Å². The number of ether oxygens (including phenoxy) is 1. The summed E-state index contributed by atoms with van der Waals surface area (Å²) in [6.45, 7) is 6.28. The molecule has 1 aromatic heterocycles. The molecule has 0 radical (unpaired) electrons. The van der Waals surface area contributed by atoms with Crippen LogP contribution in [0.3, 0.4) is 0 Å². The van der Waals surface area contributed by atoms with Crippen LogP contribution in [0.1, 0.15) is 18.9 Å². The van der Waals surface area contributed by atoms with Gasteiger partial charge in [-0.3, -0.25) is 4.79 Å². The zero-order valence-electron chi connectivity index (χ0n) is 12.8. The van der Waals surface area contributed by atoms with Gasteiger partial charge in [0.1, 0.15) is 24.0 Å². The van der Waals surface area contributed by atoms with Gasteiger partial charge in [-0.15, -0.1) is 0 Å². The maximum absolute atomic E-state index is 12.3. The molecule has 1 fully saturated rings. The van der Waals surface area contributed by atoms with E-state index in [2.05, 4.69) is 20.6 Å². The lowest BCUT2D eigenvalue weighted by Crippen LogP contribution is -2.54. The first-order chi connectivity index (χ1) is 10.2. The molecule has 2 heterocycles. The Balaban J connectivity index is 2.24. The number of nitrogens with one attached hydrogen (secondary N) is 2. The van der Waals surface area contributed by atoms with Crippen molar-refractivity contribution in [2.75, 3.05) is 43.6 Å². The van der Waals surface area contributed by atoms with E-state index in [0.29, 0.717) is 26.3 Å². The van der Waals surface area contributed by atoms with Crippen molar-refractivity contribution in [1.82, 2.24) is 15.3 Å². The Morgan fingerprint density at radius 2 is 2.33 bits per heavy atom. The van der Waals surface area contributed by atoms with Crippen LogP contribution in [0.5, 0.6) is 0 Å². The van der Waals surface area contributed by atoms with Gasteiger partial charge < -0.3 is 20.3 Å². The summed E-state index contributed by atoms with van der Waals surface area (Å²) in [6, 6.07) is -0.344. The highest BCUT2D eigenvalue weighted by Gasteiger charge is 2.31. The van der Waals surface area contributed by atoms with Crippen LogP contribution >= 0.6 is 0 Å². The Kier molecular flexibility index (Phi) is 5.32. The van der Waals surface area contributed by atoms with E-state index in [9.17, 15) is 4.79 Å². The van der Waals surface area contributed by atoms with Gasteiger partial charge in [0.15, 0.2) is 0 Å². The van der Waals surface area contributed by atoms with Crippen LogP contribution in [-0.4, -0.2) is 55.3 Å². The lowest BCUT2D eigenvalue weighted by atomic mass is 10.1. The fourth-order valence-corrected chi connectivity index (χ4v) is 2.42. The number of carbonyl (C=O) groups is 1. The smallest absolute Gasteiger partial charge is 0.245 e. The third-order valence-electron chi connectivity index (χ3n) is 3.55. The molecule has 0 saturated carbocycles. The monoisotopic (exact) mass is 293 g/mol. The van der Waals surface area contributed by atoms with Gasteiger partial charge >= 0.3 is 0 Å². The summed E-state index contributed by atoms with van der Waals surface area (Å²) in [5.74, 6) is 1.55. The normalized spacial score (nSPS) is 18.4. The van der Waals surface area contributed by atoms with Crippen molar-refractivity contribution >= 4 is 17.5 Å². The van der Waals surface area contributed by atoms with Crippen molar-refractivity contribution in [2.24, 2.45) is 0 Å². The van der Waals surface area contributed by atoms with Crippen molar-refractivity contribution in [2.45, 2.75) is 26.3 Å². The van der Waals surface area contributed by atoms with Gasteiger partial charge in [-0.05, 0) is 13.3 Å². The molecule has 1 atom stereocenters. The van der Waals surface area contributed by atoms with E-state index < -0.39 is 0 Å². The second kappa shape index (κ2) is 7.21. The topological polar surface area (TPSA) is 79.4 Å². The SMILES string of the molecule is CCCNC(=O)C1COCCN1c1ncnc(NC)c1C. The number of carbonyl (C=O) groups excluding carboxylic acids is 1. The Morgan fingerprint density at radius 3 is 3.05 bits per heavy atom. The molecule has 0 aromatic carbocycles. The van der Waals surface area contributed by atoms with Gasteiger partial charge in [-0.25, -0.2) is 9.97 Å². The Hall–Kier alpha value is -1.89. The first-order valence-electron chi connectivity index (χ1n) is 7.30. The van der Waals surface area contributed by atoms with Crippen LogP contribution in [0.25, 0.3) is 0 Å². The second-order valence-electron chi connectivity index (χ2n) is 5.00. The molecule has 7 nitrogen and oxygen atoms in total. The number of aromatic nitrogens is 2. The summed E-state index contributed by atoms with van der Waals surface area (Å²) in [7, 11) is 1.82. The molecule has 1 amide bonds. The highest BCUT2D eigenvalue weighted by molar-refractivity contribution is 5.85. The Labute approximate surface area is 125 Å². The van der Waals surface area contributed by atoms with Crippen LogP contribution in [-0.2, 0) is 9.53 Å². The Bertz CT molecular complexity index is 494. The van der Waals surface area contributed by atoms with Crippen LogP contribution < -0.4 is 15.5 Å². The minimum Gasteiger partial charge on any atom is -0.377 e.